The van der Waals surface area contributed by atoms with Gasteiger partial charge in [0, 0.05) is 39.2 Å². The first kappa shape index (κ1) is 14.5. The van der Waals surface area contributed by atoms with Crippen LogP contribution in [0, 0.1) is 0 Å². The second-order valence-corrected chi connectivity index (χ2v) is 3.76. The van der Waals surface area contributed by atoms with Gasteiger partial charge in [-0.05, 0) is 6.42 Å². The van der Waals surface area contributed by atoms with Gasteiger partial charge >= 0.3 is 0 Å². The van der Waals surface area contributed by atoms with E-state index in [0.29, 0.717) is 18.0 Å². The fourth-order valence-corrected chi connectivity index (χ4v) is 2.07. The van der Waals surface area contributed by atoms with Gasteiger partial charge in [-0.2, -0.15) is 0 Å². The molecule has 0 aromatic rings. The summed E-state index contributed by atoms with van der Waals surface area (Å²) in [6, 6.07) is 0.480. The molecule has 0 amide bonds. The van der Waals surface area contributed by atoms with Crippen LogP contribution in [0.2, 0.25) is 0 Å². The van der Waals surface area contributed by atoms with Gasteiger partial charge in [-0.3, -0.25) is 4.90 Å². The van der Waals surface area contributed by atoms with Crippen molar-refractivity contribution in [3.63, 3.8) is 0 Å². The van der Waals surface area contributed by atoms with Crippen LogP contribution in [0.4, 0.5) is 0 Å². The molecule has 1 fully saturated rings. The van der Waals surface area contributed by atoms with Crippen molar-refractivity contribution in [2.75, 3.05) is 39.8 Å². The molecular formula is C9H19Cl2NO2. The van der Waals surface area contributed by atoms with Crippen LogP contribution < -0.4 is 0 Å². The highest BCUT2D eigenvalue weighted by molar-refractivity contribution is 6.18. The van der Waals surface area contributed by atoms with E-state index in [1.807, 2.05) is 0 Å². The summed E-state index contributed by atoms with van der Waals surface area (Å²) < 4.78 is 10.5. The van der Waals surface area contributed by atoms with Gasteiger partial charge in [0.1, 0.15) is 0 Å². The Morgan fingerprint density at radius 2 is 2.14 bits per heavy atom. The number of nitrogens with zero attached hydrogens (tertiary/aromatic N) is 1. The molecule has 1 rings (SSSR count). The SMILES string of the molecule is COC[C@@H]1C[C@@H](OC)CN1CCCl.Cl. The van der Waals surface area contributed by atoms with Crippen molar-refractivity contribution >= 4 is 24.0 Å². The lowest BCUT2D eigenvalue weighted by molar-refractivity contribution is 0.109. The maximum Gasteiger partial charge on any atom is 0.0714 e. The number of ether oxygens (including phenoxy) is 2. The highest BCUT2D eigenvalue weighted by Gasteiger charge is 2.31. The molecule has 0 saturated carbocycles. The fourth-order valence-electron chi connectivity index (χ4n) is 1.86. The molecule has 0 aliphatic carbocycles. The number of halogens is 2. The lowest BCUT2D eigenvalue weighted by Crippen LogP contribution is -2.34. The zero-order chi connectivity index (χ0) is 9.68. The van der Waals surface area contributed by atoms with Crippen LogP contribution in [0.3, 0.4) is 0 Å². The lowest BCUT2D eigenvalue weighted by Gasteiger charge is -2.21. The van der Waals surface area contributed by atoms with Gasteiger partial charge in [0.25, 0.3) is 0 Å². The molecule has 0 aromatic carbocycles. The number of hydrogen-bond acceptors (Lipinski definition) is 3. The topological polar surface area (TPSA) is 21.7 Å². The first-order valence-electron chi connectivity index (χ1n) is 4.63. The first-order valence-corrected chi connectivity index (χ1v) is 5.17. The van der Waals surface area contributed by atoms with Crippen LogP contribution >= 0.6 is 24.0 Å². The Morgan fingerprint density at radius 1 is 1.43 bits per heavy atom. The molecule has 0 radical (unpaired) electrons. The largest absolute Gasteiger partial charge is 0.383 e. The smallest absolute Gasteiger partial charge is 0.0714 e. The predicted octanol–water partition coefficient (Wildman–Crippen LogP) is 1.38. The van der Waals surface area contributed by atoms with Crippen molar-refractivity contribution in [2.24, 2.45) is 0 Å². The van der Waals surface area contributed by atoms with Gasteiger partial charge in [0.2, 0.25) is 0 Å². The van der Waals surface area contributed by atoms with Gasteiger partial charge in [-0.25, -0.2) is 0 Å². The summed E-state index contributed by atoms with van der Waals surface area (Å²) in [7, 11) is 3.50. The van der Waals surface area contributed by atoms with Crippen LogP contribution in [-0.2, 0) is 9.47 Å². The summed E-state index contributed by atoms with van der Waals surface area (Å²) in [5.74, 6) is 0.677. The normalized spacial score (nSPS) is 27.6. The van der Waals surface area contributed by atoms with Gasteiger partial charge in [-0.15, -0.1) is 24.0 Å². The molecule has 5 heteroatoms. The summed E-state index contributed by atoms with van der Waals surface area (Å²) in [5.41, 5.74) is 0. The molecular weight excluding hydrogens is 225 g/mol. The molecule has 1 saturated heterocycles. The van der Waals surface area contributed by atoms with Crippen molar-refractivity contribution in [3.05, 3.63) is 0 Å². The number of alkyl halides is 1. The third-order valence-electron chi connectivity index (χ3n) is 2.55. The molecule has 0 N–H and O–H groups in total. The van der Waals surface area contributed by atoms with E-state index in [1.165, 1.54) is 0 Å². The van der Waals surface area contributed by atoms with E-state index in [9.17, 15) is 0 Å². The lowest BCUT2D eigenvalue weighted by atomic mass is 10.2. The van der Waals surface area contributed by atoms with Crippen molar-refractivity contribution in [2.45, 2.75) is 18.6 Å². The molecule has 1 heterocycles. The predicted molar refractivity (Wildman–Crippen MR) is 60.6 cm³/mol. The summed E-state index contributed by atoms with van der Waals surface area (Å²) in [6.07, 6.45) is 1.41. The Balaban J connectivity index is 0.00000169. The number of methoxy groups -OCH3 is 2. The summed E-state index contributed by atoms with van der Waals surface area (Å²) in [4.78, 5) is 2.34. The third-order valence-corrected chi connectivity index (χ3v) is 2.72. The van der Waals surface area contributed by atoms with E-state index in [-0.39, 0.29) is 12.4 Å². The van der Waals surface area contributed by atoms with Crippen molar-refractivity contribution in [1.29, 1.82) is 0 Å². The van der Waals surface area contributed by atoms with E-state index >= 15 is 0 Å². The molecule has 0 unspecified atom stereocenters. The maximum atomic E-state index is 5.71. The highest BCUT2D eigenvalue weighted by atomic mass is 35.5. The number of likely N-dealkylation sites (tertiary alicyclic amines) is 1. The highest BCUT2D eigenvalue weighted by Crippen LogP contribution is 2.19. The summed E-state index contributed by atoms with van der Waals surface area (Å²) >= 11 is 5.71. The summed E-state index contributed by atoms with van der Waals surface area (Å²) in [6.45, 7) is 2.68. The Kier molecular flexibility index (Phi) is 7.97. The standard InChI is InChI=1S/C9H18ClNO2.ClH/c1-12-7-8-5-9(13-2)6-11(8)4-3-10;/h8-9H,3-7H2,1-2H3;1H/t8-,9+;/m0./s1. The second-order valence-electron chi connectivity index (χ2n) is 3.39. The zero-order valence-corrected chi connectivity index (χ0v) is 10.3. The van der Waals surface area contributed by atoms with Gasteiger partial charge in [-0.1, -0.05) is 0 Å². The Morgan fingerprint density at radius 3 is 2.64 bits per heavy atom. The van der Waals surface area contributed by atoms with E-state index in [4.69, 9.17) is 21.1 Å². The van der Waals surface area contributed by atoms with E-state index < -0.39 is 0 Å². The molecule has 14 heavy (non-hydrogen) atoms. The Labute approximate surface area is 97.1 Å². The van der Waals surface area contributed by atoms with Crippen LogP contribution in [-0.4, -0.2) is 56.8 Å². The first-order chi connectivity index (χ1) is 6.31. The summed E-state index contributed by atoms with van der Waals surface area (Å²) in [5, 5.41) is 0. The number of rotatable bonds is 5. The average Bonchev–Trinajstić information content (AvgIpc) is 2.50. The third kappa shape index (κ3) is 3.91. The minimum Gasteiger partial charge on any atom is -0.383 e. The van der Waals surface area contributed by atoms with Crippen LogP contribution in [0.5, 0.6) is 0 Å². The Bertz CT molecular complexity index is 135. The average molecular weight is 244 g/mol. The van der Waals surface area contributed by atoms with E-state index in [0.717, 1.165) is 26.1 Å². The molecule has 1 aliphatic heterocycles. The maximum absolute atomic E-state index is 5.71. The van der Waals surface area contributed by atoms with Gasteiger partial charge in [0.15, 0.2) is 0 Å². The van der Waals surface area contributed by atoms with Gasteiger partial charge < -0.3 is 9.47 Å². The molecule has 0 spiro atoms. The molecule has 1 aliphatic rings. The minimum atomic E-state index is 0. The molecule has 0 bridgehead atoms. The number of hydrogen-bond donors (Lipinski definition) is 0. The van der Waals surface area contributed by atoms with Crippen molar-refractivity contribution in [3.8, 4) is 0 Å². The monoisotopic (exact) mass is 243 g/mol. The Hall–Kier alpha value is 0.460. The van der Waals surface area contributed by atoms with Crippen LogP contribution in [0.1, 0.15) is 6.42 Å². The van der Waals surface area contributed by atoms with E-state index in [1.54, 1.807) is 14.2 Å². The fraction of sp³-hybridized carbons (Fsp3) is 1.00. The second kappa shape index (κ2) is 7.71. The van der Waals surface area contributed by atoms with Crippen molar-refractivity contribution in [1.82, 2.24) is 4.90 Å². The van der Waals surface area contributed by atoms with Gasteiger partial charge in [0.05, 0.1) is 12.7 Å². The quantitative estimate of drug-likeness (QED) is 0.682. The molecule has 0 aromatic heterocycles. The minimum absolute atomic E-state index is 0. The molecule has 86 valence electrons. The van der Waals surface area contributed by atoms with Crippen LogP contribution in [0.15, 0.2) is 0 Å². The zero-order valence-electron chi connectivity index (χ0n) is 8.74. The van der Waals surface area contributed by atoms with Crippen molar-refractivity contribution < 1.29 is 9.47 Å². The molecule has 2 atom stereocenters. The van der Waals surface area contributed by atoms with E-state index in [2.05, 4.69) is 4.90 Å². The van der Waals surface area contributed by atoms with Crippen LogP contribution in [0.25, 0.3) is 0 Å². The molecule has 3 nitrogen and oxygen atoms in total.